The predicted octanol–water partition coefficient (Wildman–Crippen LogP) is 0.540. The SMILES string of the molecule is Br.O=C(/C=c1\sc2n(c1=O)CCN=2)Nc1ccccc1. The minimum atomic E-state index is -0.302. The Morgan fingerprint density at radius 3 is 2.80 bits per heavy atom. The maximum atomic E-state index is 12.0. The lowest BCUT2D eigenvalue weighted by molar-refractivity contribution is -0.110. The van der Waals surface area contributed by atoms with Crippen molar-refractivity contribution >= 4 is 46.0 Å². The number of para-hydroxylation sites is 1. The lowest BCUT2D eigenvalue weighted by Gasteiger charge is -1.99. The van der Waals surface area contributed by atoms with Gasteiger partial charge in [-0.3, -0.25) is 19.1 Å². The molecule has 0 bridgehead atoms. The van der Waals surface area contributed by atoms with E-state index in [-0.39, 0.29) is 28.4 Å². The van der Waals surface area contributed by atoms with Crippen molar-refractivity contribution in [1.82, 2.24) is 4.57 Å². The number of halogens is 1. The molecule has 104 valence electrons. The molecule has 0 unspecified atom stereocenters. The molecule has 2 heterocycles. The van der Waals surface area contributed by atoms with Gasteiger partial charge in [-0.2, -0.15) is 0 Å². The van der Waals surface area contributed by atoms with Crippen LogP contribution in [0.5, 0.6) is 0 Å². The van der Waals surface area contributed by atoms with Gasteiger partial charge >= 0.3 is 0 Å². The van der Waals surface area contributed by atoms with Gasteiger partial charge in [0.15, 0.2) is 4.80 Å². The maximum Gasteiger partial charge on any atom is 0.270 e. The van der Waals surface area contributed by atoms with Gasteiger partial charge in [-0.25, -0.2) is 0 Å². The van der Waals surface area contributed by atoms with Gasteiger partial charge < -0.3 is 5.32 Å². The molecule has 1 aliphatic rings. The number of carbonyl (C=O) groups is 1. The number of amides is 1. The number of carbonyl (C=O) groups excluding carboxylic acids is 1. The number of aromatic nitrogens is 1. The highest BCUT2D eigenvalue weighted by molar-refractivity contribution is 8.93. The van der Waals surface area contributed by atoms with E-state index in [1.54, 1.807) is 16.7 Å². The fourth-order valence-corrected chi connectivity index (χ4v) is 2.89. The Kier molecular flexibility index (Phi) is 4.51. The van der Waals surface area contributed by atoms with Gasteiger partial charge in [-0.1, -0.05) is 29.5 Å². The predicted molar refractivity (Wildman–Crippen MR) is 84.1 cm³/mol. The zero-order valence-corrected chi connectivity index (χ0v) is 12.9. The summed E-state index contributed by atoms with van der Waals surface area (Å²) in [6.07, 6.45) is 1.33. The van der Waals surface area contributed by atoms with Crippen molar-refractivity contribution in [3.63, 3.8) is 0 Å². The van der Waals surface area contributed by atoms with E-state index in [1.807, 2.05) is 18.2 Å². The molecule has 20 heavy (non-hydrogen) atoms. The lowest BCUT2D eigenvalue weighted by atomic mass is 10.3. The van der Waals surface area contributed by atoms with Crippen LogP contribution in [0.2, 0.25) is 0 Å². The third kappa shape index (κ3) is 2.88. The molecular formula is C13H12BrN3O2S. The molecule has 3 rings (SSSR count). The fraction of sp³-hybridized carbons (Fsp3) is 0.154. The average Bonchev–Trinajstić information content (AvgIpc) is 2.96. The van der Waals surface area contributed by atoms with Gasteiger partial charge in [0.25, 0.3) is 5.56 Å². The molecule has 0 radical (unpaired) electrons. The molecular weight excluding hydrogens is 342 g/mol. The van der Waals surface area contributed by atoms with Crippen LogP contribution in [0.25, 0.3) is 6.08 Å². The van der Waals surface area contributed by atoms with Crippen LogP contribution in [-0.2, 0) is 11.3 Å². The van der Waals surface area contributed by atoms with Crippen molar-refractivity contribution < 1.29 is 4.79 Å². The second kappa shape index (κ2) is 6.15. The number of fused-ring (bicyclic) bond motifs is 1. The first-order valence-electron chi connectivity index (χ1n) is 5.86. The molecule has 5 nitrogen and oxygen atoms in total. The summed E-state index contributed by atoms with van der Waals surface area (Å²) in [6.45, 7) is 1.26. The minimum Gasteiger partial charge on any atom is -0.322 e. The third-order valence-corrected chi connectivity index (χ3v) is 3.81. The van der Waals surface area contributed by atoms with Crippen molar-refractivity contribution in [2.24, 2.45) is 4.99 Å². The molecule has 1 aromatic heterocycles. The van der Waals surface area contributed by atoms with E-state index in [2.05, 4.69) is 10.3 Å². The molecule has 0 aliphatic carbocycles. The Labute approximate surface area is 129 Å². The number of anilines is 1. The summed E-state index contributed by atoms with van der Waals surface area (Å²) in [5.74, 6) is -0.302. The van der Waals surface area contributed by atoms with Crippen LogP contribution in [0.1, 0.15) is 0 Å². The Balaban J connectivity index is 0.00000147. The highest BCUT2D eigenvalue weighted by atomic mass is 79.9. The lowest BCUT2D eigenvalue weighted by Crippen LogP contribution is -2.30. The maximum absolute atomic E-state index is 12.0. The fourth-order valence-electron chi connectivity index (χ4n) is 1.89. The second-order valence-electron chi connectivity index (χ2n) is 4.09. The highest BCUT2D eigenvalue weighted by Gasteiger charge is 2.10. The van der Waals surface area contributed by atoms with Crippen molar-refractivity contribution in [3.8, 4) is 0 Å². The van der Waals surface area contributed by atoms with Crippen molar-refractivity contribution in [1.29, 1.82) is 0 Å². The van der Waals surface area contributed by atoms with Crippen LogP contribution in [0.4, 0.5) is 5.69 Å². The highest BCUT2D eigenvalue weighted by Crippen LogP contribution is 2.04. The summed E-state index contributed by atoms with van der Waals surface area (Å²) in [6, 6.07) is 9.13. The van der Waals surface area contributed by atoms with Crippen LogP contribution in [-0.4, -0.2) is 17.0 Å². The van der Waals surface area contributed by atoms with Crippen LogP contribution >= 0.6 is 28.3 Å². The summed E-state index contributed by atoms with van der Waals surface area (Å²) >= 11 is 1.25. The molecule has 7 heteroatoms. The molecule has 0 spiro atoms. The van der Waals surface area contributed by atoms with E-state index in [9.17, 15) is 9.59 Å². The zero-order chi connectivity index (χ0) is 13.2. The number of thiazole rings is 1. The topological polar surface area (TPSA) is 63.5 Å². The summed E-state index contributed by atoms with van der Waals surface area (Å²) in [4.78, 5) is 28.7. The summed E-state index contributed by atoms with van der Waals surface area (Å²) in [5, 5.41) is 2.72. The molecule has 1 aliphatic heterocycles. The number of rotatable bonds is 2. The quantitative estimate of drug-likeness (QED) is 0.856. The number of hydrogen-bond acceptors (Lipinski definition) is 4. The Morgan fingerprint density at radius 1 is 1.35 bits per heavy atom. The van der Waals surface area contributed by atoms with Gasteiger partial charge in [0.2, 0.25) is 5.91 Å². The van der Waals surface area contributed by atoms with E-state index in [0.717, 1.165) is 0 Å². The molecule has 0 saturated heterocycles. The summed E-state index contributed by atoms with van der Waals surface area (Å²) in [5.41, 5.74) is 0.571. The summed E-state index contributed by atoms with van der Waals surface area (Å²) < 4.78 is 2.03. The Bertz CT molecular complexity index is 795. The molecule has 2 aromatic rings. The number of nitrogens with one attached hydrogen (secondary N) is 1. The molecule has 1 N–H and O–H groups in total. The number of hydrogen-bond donors (Lipinski definition) is 1. The first kappa shape index (κ1) is 14.7. The van der Waals surface area contributed by atoms with E-state index >= 15 is 0 Å². The Morgan fingerprint density at radius 2 is 2.10 bits per heavy atom. The Hall–Kier alpha value is -1.73. The summed E-state index contributed by atoms with van der Waals surface area (Å²) in [7, 11) is 0. The number of benzene rings is 1. The van der Waals surface area contributed by atoms with E-state index in [0.29, 0.717) is 28.1 Å². The monoisotopic (exact) mass is 353 g/mol. The van der Waals surface area contributed by atoms with Crippen molar-refractivity contribution in [2.75, 3.05) is 11.9 Å². The minimum absolute atomic E-state index is 0. The molecule has 1 amide bonds. The van der Waals surface area contributed by atoms with Crippen LogP contribution in [0.15, 0.2) is 40.1 Å². The van der Waals surface area contributed by atoms with Gasteiger partial charge in [-0.15, -0.1) is 17.0 Å². The van der Waals surface area contributed by atoms with Gasteiger partial charge in [0.05, 0.1) is 6.54 Å². The smallest absolute Gasteiger partial charge is 0.270 e. The second-order valence-corrected chi connectivity index (χ2v) is 5.10. The van der Waals surface area contributed by atoms with Crippen LogP contribution < -0.4 is 20.2 Å². The van der Waals surface area contributed by atoms with Crippen molar-refractivity contribution in [3.05, 3.63) is 50.0 Å². The normalized spacial score (nSPS) is 13.3. The standard InChI is InChI=1S/C13H11N3O2S.BrH/c17-11(15-9-4-2-1-3-5-9)8-10-12(18)16-7-6-14-13(16)19-10;/h1-5,8H,6-7H2,(H,15,17);1H/b10-8-;. The zero-order valence-electron chi connectivity index (χ0n) is 10.4. The van der Waals surface area contributed by atoms with Crippen LogP contribution in [0, 0.1) is 0 Å². The number of nitrogens with zero attached hydrogens (tertiary/aromatic N) is 2. The average molecular weight is 354 g/mol. The first-order chi connectivity index (χ1) is 9.24. The largest absolute Gasteiger partial charge is 0.322 e. The van der Waals surface area contributed by atoms with Crippen LogP contribution in [0.3, 0.4) is 0 Å². The van der Waals surface area contributed by atoms with Gasteiger partial charge in [-0.05, 0) is 12.1 Å². The molecule has 0 fully saturated rings. The third-order valence-electron chi connectivity index (χ3n) is 2.76. The van der Waals surface area contributed by atoms with Crippen molar-refractivity contribution in [2.45, 2.75) is 6.54 Å². The van der Waals surface area contributed by atoms with Gasteiger partial charge in [0.1, 0.15) is 4.53 Å². The molecule has 0 atom stereocenters. The van der Waals surface area contributed by atoms with E-state index < -0.39 is 0 Å². The van der Waals surface area contributed by atoms with E-state index in [4.69, 9.17) is 0 Å². The first-order valence-corrected chi connectivity index (χ1v) is 6.67. The molecule has 1 aromatic carbocycles. The molecule has 0 saturated carbocycles. The van der Waals surface area contributed by atoms with E-state index in [1.165, 1.54) is 17.4 Å². The van der Waals surface area contributed by atoms with Gasteiger partial charge in [0, 0.05) is 18.3 Å².